The Labute approximate surface area is 66.8 Å². The van der Waals surface area contributed by atoms with Crippen LogP contribution in [0.25, 0.3) is 0 Å². The summed E-state index contributed by atoms with van der Waals surface area (Å²) in [5.74, 6) is 5.08. The maximum Gasteiger partial charge on any atom is 0.298 e. The maximum atomic E-state index is 11.1. The Morgan fingerprint density at radius 1 is 1.45 bits per heavy atom. The molecule has 60 valence electrons. The quantitative estimate of drug-likeness (QED) is 0.472. The highest BCUT2D eigenvalue weighted by Gasteiger charge is 2.12. The molecule has 1 fully saturated rings. The lowest BCUT2D eigenvalue weighted by Crippen LogP contribution is -2.45. The lowest BCUT2D eigenvalue weighted by atomic mass is 10.3. The number of carbonyl (C=O) groups is 1. The van der Waals surface area contributed by atoms with Gasteiger partial charge in [-0.05, 0) is 12.8 Å². The summed E-state index contributed by atoms with van der Waals surface area (Å²) in [7, 11) is 0. The van der Waals surface area contributed by atoms with Gasteiger partial charge in [0, 0.05) is 26.2 Å². The molecule has 1 amide bonds. The summed E-state index contributed by atoms with van der Waals surface area (Å²) in [6, 6.07) is 0. The second-order valence-corrected chi connectivity index (χ2v) is 2.42. The molecule has 3 heteroatoms. The minimum absolute atomic E-state index is 0.0472. The van der Waals surface area contributed by atoms with Crippen LogP contribution in [0.2, 0.25) is 0 Å². The molecule has 0 unspecified atom stereocenters. The van der Waals surface area contributed by atoms with Gasteiger partial charge in [-0.1, -0.05) is 5.92 Å². The Balaban J connectivity index is 2.43. The van der Waals surface area contributed by atoms with Gasteiger partial charge in [0.15, 0.2) is 0 Å². The van der Waals surface area contributed by atoms with Gasteiger partial charge < -0.3 is 10.2 Å². The van der Waals surface area contributed by atoms with Gasteiger partial charge in [0.2, 0.25) is 0 Å². The van der Waals surface area contributed by atoms with Crippen molar-refractivity contribution in [3.8, 4) is 11.8 Å². The van der Waals surface area contributed by atoms with Gasteiger partial charge in [-0.2, -0.15) is 0 Å². The Kier molecular flexibility index (Phi) is 2.94. The summed E-state index contributed by atoms with van der Waals surface area (Å²) in [6.45, 7) is 5.02. The van der Waals surface area contributed by atoms with E-state index < -0.39 is 0 Å². The molecule has 0 radical (unpaired) electrons. The van der Waals surface area contributed by atoms with Crippen molar-refractivity contribution in [2.24, 2.45) is 0 Å². The molecule has 11 heavy (non-hydrogen) atoms. The zero-order valence-corrected chi connectivity index (χ0v) is 6.68. The second kappa shape index (κ2) is 3.99. The Hall–Kier alpha value is -1.01. The van der Waals surface area contributed by atoms with Crippen LogP contribution in [-0.2, 0) is 4.79 Å². The van der Waals surface area contributed by atoms with Crippen molar-refractivity contribution in [3.05, 3.63) is 0 Å². The first kappa shape index (κ1) is 8.09. The first-order valence-corrected chi connectivity index (χ1v) is 3.77. The average molecular weight is 152 g/mol. The molecule has 0 spiro atoms. The Morgan fingerprint density at radius 3 is 2.64 bits per heavy atom. The van der Waals surface area contributed by atoms with Crippen LogP contribution in [0.4, 0.5) is 0 Å². The highest BCUT2D eigenvalue weighted by molar-refractivity contribution is 5.93. The molecule has 0 aromatic heterocycles. The number of piperazine rings is 1. The zero-order chi connectivity index (χ0) is 8.10. The van der Waals surface area contributed by atoms with Gasteiger partial charge >= 0.3 is 0 Å². The third-order valence-corrected chi connectivity index (χ3v) is 1.64. The van der Waals surface area contributed by atoms with Crippen LogP contribution in [0, 0.1) is 11.8 Å². The molecule has 0 aromatic carbocycles. The van der Waals surface area contributed by atoms with Gasteiger partial charge in [0.1, 0.15) is 0 Å². The molecule has 0 atom stereocenters. The van der Waals surface area contributed by atoms with E-state index in [0.717, 1.165) is 26.2 Å². The average Bonchev–Trinajstić information content (AvgIpc) is 2.07. The summed E-state index contributed by atoms with van der Waals surface area (Å²) in [4.78, 5) is 12.9. The number of hydrogen-bond acceptors (Lipinski definition) is 2. The molecule has 1 saturated heterocycles. The van der Waals surface area contributed by atoms with Crippen LogP contribution in [0.3, 0.4) is 0 Å². The van der Waals surface area contributed by atoms with Crippen LogP contribution in [0.5, 0.6) is 0 Å². The van der Waals surface area contributed by atoms with E-state index in [4.69, 9.17) is 0 Å². The molecular formula is C8H12N2O. The van der Waals surface area contributed by atoms with Gasteiger partial charge in [0.25, 0.3) is 5.91 Å². The van der Waals surface area contributed by atoms with Crippen molar-refractivity contribution in [2.45, 2.75) is 6.92 Å². The van der Waals surface area contributed by atoms with Crippen molar-refractivity contribution in [1.82, 2.24) is 10.2 Å². The van der Waals surface area contributed by atoms with Crippen molar-refractivity contribution >= 4 is 5.91 Å². The number of amides is 1. The van der Waals surface area contributed by atoms with Crippen LogP contribution in [-0.4, -0.2) is 37.0 Å². The summed E-state index contributed by atoms with van der Waals surface area (Å²) in [5, 5.41) is 3.17. The number of hydrogen-bond donors (Lipinski definition) is 1. The molecule has 0 aromatic rings. The van der Waals surface area contributed by atoms with Crippen LogP contribution < -0.4 is 5.32 Å². The number of nitrogens with zero attached hydrogens (tertiary/aromatic N) is 1. The van der Waals surface area contributed by atoms with E-state index in [2.05, 4.69) is 17.2 Å². The van der Waals surface area contributed by atoms with Gasteiger partial charge in [0.05, 0.1) is 0 Å². The van der Waals surface area contributed by atoms with Gasteiger partial charge in [-0.15, -0.1) is 0 Å². The molecule has 1 heterocycles. The minimum Gasteiger partial charge on any atom is -0.329 e. The number of carbonyl (C=O) groups excluding carboxylic acids is 1. The van der Waals surface area contributed by atoms with Gasteiger partial charge in [-0.3, -0.25) is 4.79 Å². The molecule has 1 aliphatic heterocycles. The molecule has 0 bridgehead atoms. The second-order valence-electron chi connectivity index (χ2n) is 2.42. The van der Waals surface area contributed by atoms with Crippen molar-refractivity contribution in [3.63, 3.8) is 0 Å². The lowest BCUT2D eigenvalue weighted by molar-refractivity contribution is -0.125. The smallest absolute Gasteiger partial charge is 0.298 e. The van der Waals surface area contributed by atoms with E-state index in [1.807, 2.05) is 0 Å². The Morgan fingerprint density at radius 2 is 2.09 bits per heavy atom. The minimum atomic E-state index is -0.0472. The standard InChI is InChI=1S/C8H12N2O/c1-2-3-8(11)10-6-4-9-5-7-10/h9H,4-7H2,1H3. The normalized spacial score (nSPS) is 17.0. The fraction of sp³-hybridized carbons (Fsp3) is 0.625. The van der Waals surface area contributed by atoms with E-state index >= 15 is 0 Å². The van der Waals surface area contributed by atoms with Gasteiger partial charge in [-0.25, -0.2) is 0 Å². The SMILES string of the molecule is CC#CC(=O)N1CCNCC1. The fourth-order valence-electron chi connectivity index (χ4n) is 1.05. The first-order valence-electron chi connectivity index (χ1n) is 3.77. The highest BCUT2D eigenvalue weighted by Crippen LogP contribution is 1.91. The van der Waals surface area contributed by atoms with Crippen molar-refractivity contribution in [2.75, 3.05) is 26.2 Å². The monoisotopic (exact) mass is 152 g/mol. The zero-order valence-electron chi connectivity index (χ0n) is 6.68. The molecule has 1 aliphatic rings. The van der Waals surface area contributed by atoms with E-state index in [1.165, 1.54) is 0 Å². The summed E-state index contributed by atoms with van der Waals surface area (Å²) >= 11 is 0. The third-order valence-electron chi connectivity index (χ3n) is 1.64. The highest BCUT2D eigenvalue weighted by atomic mass is 16.2. The first-order chi connectivity index (χ1) is 5.34. The number of rotatable bonds is 0. The maximum absolute atomic E-state index is 11.1. The largest absolute Gasteiger partial charge is 0.329 e. The van der Waals surface area contributed by atoms with Crippen LogP contribution >= 0.6 is 0 Å². The third kappa shape index (κ3) is 2.24. The van der Waals surface area contributed by atoms with E-state index in [-0.39, 0.29) is 5.91 Å². The van der Waals surface area contributed by atoms with E-state index in [1.54, 1.807) is 11.8 Å². The van der Waals surface area contributed by atoms with E-state index in [0.29, 0.717) is 0 Å². The molecule has 0 saturated carbocycles. The summed E-state index contributed by atoms with van der Waals surface area (Å²) in [5.41, 5.74) is 0. The van der Waals surface area contributed by atoms with Crippen LogP contribution in [0.15, 0.2) is 0 Å². The number of nitrogens with one attached hydrogen (secondary N) is 1. The molecule has 0 aliphatic carbocycles. The molecule has 1 rings (SSSR count). The van der Waals surface area contributed by atoms with Crippen LogP contribution in [0.1, 0.15) is 6.92 Å². The molecular weight excluding hydrogens is 140 g/mol. The van der Waals surface area contributed by atoms with Crippen molar-refractivity contribution < 1.29 is 4.79 Å². The fourth-order valence-corrected chi connectivity index (χ4v) is 1.05. The summed E-state index contributed by atoms with van der Waals surface area (Å²) in [6.07, 6.45) is 0. The lowest BCUT2D eigenvalue weighted by Gasteiger charge is -2.25. The molecule has 1 N–H and O–H groups in total. The Bertz CT molecular complexity index is 196. The topological polar surface area (TPSA) is 32.3 Å². The molecule has 3 nitrogen and oxygen atoms in total. The van der Waals surface area contributed by atoms with E-state index in [9.17, 15) is 4.79 Å². The summed E-state index contributed by atoms with van der Waals surface area (Å²) < 4.78 is 0. The predicted octanol–water partition coefficient (Wildman–Crippen LogP) is -0.558. The predicted molar refractivity (Wildman–Crippen MR) is 42.9 cm³/mol. The van der Waals surface area contributed by atoms with Crippen molar-refractivity contribution in [1.29, 1.82) is 0 Å².